The number of hydrogen-bond acceptors (Lipinski definition) is 2. The van der Waals surface area contributed by atoms with E-state index in [0.29, 0.717) is 6.07 Å². The molecule has 86 valence electrons. The van der Waals surface area contributed by atoms with Crippen molar-refractivity contribution in [1.82, 2.24) is 4.98 Å². The summed E-state index contributed by atoms with van der Waals surface area (Å²) in [4.78, 5) is 12.8. The van der Waals surface area contributed by atoms with E-state index in [2.05, 4.69) is 11.8 Å². The molecule has 2 N–H and O–H groups in total. The van der Waals surface area contributed by atoms with Gasteiger partial charge in [0.1, 0.15) is 5.56 Å². The molecule has 0 aromatic carbocycles. The van der Waals surface area contributed by atoms with E-state index in [0.717, 1.165) is 6.20 Å². The Morgan fingerprint density at radius 3 is 2.69 bits per heavy atom. The number of rotatable bonds is 1. The second-order valence-electron chi connectivity index (χ2n) is 2.90. The van der Waals surface area contributed by atoms with Crippen LogP contribution in [0.25, 0.3) is 0 Å². The lowest BCUT2D eigenvalue weighted by Gasteiger charge is -2.04. The summed E-state index contributed by atoms with van der Waals surface area (Å²) in [6.45, 7) is -0.164. The lowest BCUT2D eigenvalue weighted by atomic mass is 10.2. The van der Waals surface area contributed by atoms with Gasteiger partial charge in [0.25, 0.3) is 5.56 Å². The predicted octanol–water partition coefficient (Wildman–Crippen LogP) is 1.13. The average Bonchev–Trinajstić information content (AvgIpc) is 2.19. The van der Waals surface area contributed by atoms with Gasteiger partial charge < -0.3 is 10.1 Å². The Hall–Kier alpha value is -1.74. The van der Waals surface area contributed by atoms with E-state index in [9.17, 15) is 18.0 Å². The van der Waals surface area contributed by atoms with Gasteiger partial charge >= 0.3 is 6.18 Å². The van der Waals surface area contributed by atoms with Gasteiger partial charge in [-0.15, -0.1) is 0 Å². The van der Waals surface area contributed by atoms with E-state index in [1.807, 2.05) is 4.98 Å². The van der Waals surface area contributed by atoms with Gasteiger partial charge in [-0.3, -0.25) is 4.79 Å². The number of alkyl halides is 3. The van der Waals surface area contributed by atoms with Crippen LogP contribution in [-0.2, 0) is 6.18 Å². The van der Waals surface area contributed by atoms with Gasteiger partial charge in [-0.1, -0.05) is 11.8 Å². The van der Waals surface area contributed by atoms with Gasteiger partial charge in [-0.25, -0.2) is 0 Å². The molecule has 1 heterocycles. The first-order valence-electron chi connectivity index (χ1n) is 4.35. The van der Waals surface area contributed by atoms with E-state index in [4.69, 9.17) is 5.11 Å². The zero-order valence-electron chi connectivity index (χ0n) is 8.06. The van der Waals surface area contributed by atoms with Crippen LogP contribution in [0.1, 0.15) is 17.5 Å². The number of pyridine rings is 1. The van der Waals surface area contributed by atoms with Crippen molar-refractivity contribution in [3.63, 3.8) is 0 Å². The molecule has 0 bridgehead atoms. The molecule has 0 unspecified atom stereocenters. The fourth-order valence-electron chi connectivity index (χ4n) is 0.987. The quantitative estimate of drug-likeness (QED) is 0.712. The smallest absolute Gasteiger partial charge is 0.395 e. The molecule has 0 saturated carbocycles. The number of H-pyrrole nitrogens is 1. The highest BCUT2D eigenvalue weighted by Gasteiger charge is 2.33. The molecule has 0 aliphatic heterocycles. The molecule has 16 heavy (non-hydrogen) atoms. The van der Waals surface area contributed by atoms with E-state index >= 15 is 0 Å². The Balaban J connectivity index is 3.10. The lowest BCUT2D eigenvalue weighted by Crippen LogP contribution is -2.21. The number of aliphatic hydroxyl groups excluding tert-OH is 1. The van der Waals surface area contributed by atoms with Crippen LogP contribution in [0, 0.1) is 11.8 Å². The molecule has 0 saturated heterocycles. The normalized spacial score (nSPS) is 10.8. The third kappa shape index (κ3) is 3.14. The van der Waals surface area contributed by atoms with Crippen molar-refractivity contribution in [1.29, 1.82) is 0 Å². The summed E-state index contributed by atoms with van der Waals surface area (Å²) in [6, 6.07) is 0.684. The Kier molecular flexibility index (Phi) is 3.74. The van der Waals surface area contributed by atoms with E-state index in [1.165, 1.54) is 0 Å². The van der Waals surface area contributed by atoms with Gasteiger partial charge in [-0.2, -0.15) is 13.2 Å². The zero-order valence-corrected chi connectivity index (χ0v) is 8.06. The van der Waals surface area contributed by atoms with Crippen LogP contribution in [0.4, 0.5) is 13.2 Å². The number of aromatic amines is 1. The summed E-state index contributed by atoms with van der Waals surface area (Å²) in [5.41, 5.74) is -2.41. The minimum atomic E-state index is -4.69. The highest BCUT2D eigenvalue weighted by Crippen LogP contribution is 2.26. The first-order chi connectivity index (χ1) is 7.45. The molecule has 0 aliphatic carbocycles. The predicted molar refractivity (Wildman–Crippen MR) is 50.6 cm³/mol. The molecule has 6 heteroatoms. The number of nitrogens with one attached hydrogen (secondary N) is 1. The van der Waals surface area contributed by atoms with Crippen LogP contribution in [0.3, 0.4) is 0 Å². The molecule has 1 aromatic heterocycles. The summed E-state index contributed by atoms with van der Waals surface area (Å²) < 4.78 is 36.9. The highest BCUT2D eigenvalue weighted by molar-refractivity contribution is 5.35. The molecular weight excluding hydrogens is 223 g/mol. The van der Waals surface area contributed by atoms with E-state index in [-0.39, 0.29) is 18.6 Å². The zero-order chi connectivity index (χ0) is 12.2. The summed E-state index contributed by atoms with van der Waals surface area (Å²) in [5.74, 6) is 4.87. The van der Waals surface area contributed by atoms with E-state index in [1.54, 1.807) is 0 Å². The van der Waals surface area contributed by atoms with Crippen molar-refractivity contribution in [3.8, 4) is 11.8 Å². The molecule has 1 rings (SSSR count). The molecule has 1 aromatic rings. The van der Waals surface area contributed by atoms with Crippen LogP contribution in [0.2, 0.25) is 0 Å². The van der Waals surface area contributed by atoms with Gasteiger partial charge in [-0.05, 0) is 6.07 Å². The second kappa shape index (κ2) is 4.86. The van der Waals surface area contributed by atoms with Crippen molar-refractivity contribution in [3.05, 3.63) is 33.7 Å². The highest BCUT2D eigenvalue weighted by atomic mass is 19.4. The first-order valence-corrected chi connectivity index (χ1v) is 4.35. The van der Waals surface area contributed by atoms with Gasteiger partial charge in [0.15, 0.2) is 0 Å². The molecular formula is C10H8F3NO2. The molecule has 0 amide bonds. The first kappa shape index (κ1) is 12.3. The summed E-state index contributed by atoms with van der Waals surface area (Å²) in [6.07, 6.45) is -3.43. The maximum absolute atomic E-state index is 12.3. The fourth-order valence-corrected chi connectivity index (χ4v) is 0.987. The molecule has 0 fully saturated rings. The minimum absolute atomic E-state index is 0.0559. The van der Waals surface area contributed by atoms with Crippen molar-refractivity contribution >= 4 is 0 Å². The number of halogens is 3. The Morgan fingerprint density at radius 1 is 1.44 bits per heavy atom. The summed E-state index contributed by atoms with van der Waals surface area (Å²) in [5, 5.41) is 8.43. The van der Waals surface area contributed by atoms with Crippen molar-refractivity contribution in [2.24, 2.45) is 0 Å². The maximum atomic E-state index is 12.3. The lowest BCUT2D eigenvalue weighted by molar-refractivity contribution is -0.138. The Morgan fingerprint density at radius 2 is 2.12 bits per heavy atom. The van der Waals surface area contributed by atoms with Crippen molar-refractivity contribution in [2.45, 2.75) is 12.6 Å². The maximum Gasteiger partial charge on any atom is 0.421 e. The minimum Gasteiger partial charge on any atom is -0.395 e. The third-order valence-electron chi connectivity index (χ3n) is 1.68. The third-order valence-corrected chi connectivity index (χ3v) is 1.68. The fraction of sp³-hybridized carbons (Fsp3) is 0.300. The molecule has 0 spiro atoms. The topological polar surface area (TPSA) is 53.1 Å². The van der Waals surface area contributed by atoms with Crippen LogP contribution in [0.5, 0.6) is 0 Å². The largest absolute Gasteiger partial charge is 0.421 e. The van der Waals surface area contributed by atoms with Gasteiger partial charge in [0.05, 0.1) is 6.61 Å². The number of aromatic nitrogens is 1. The van der Waals surface area contributed by atoms with Crippen LogP contribution in [-0.4, -0.2) is 16.7 Å². The number of hydrogen-bond donors (Lipinski definition) is 2. The van der Waals surface area contributed by atoms with Gasteiger partial charge in [0.2, 0.25) is 0 Å². The number of aliphatic hydroxyl groups is 1. The average molecular weight is 231 g/mol. The van der Waals surface area contributed by atoms with Crippen LogP contribution < -0.4 is 5.56 Å². The molecule has 0 aliphatic rings. The van der Waals surface area contributed by atoms with Crippen LogP contribution in [0.15, 0.2) is 17.1 Å². The van der Waals surface area contributed by atoms with Gasteiger partial charge in [0, 0.05) is 18.2 Å². The second-order valence-corrected chi connectivity index (χ2v) is 2.90. The monoisotopic (exact) mass is 231 g/mol. The van der Waals surface area contributed by atoms with Crippen molar-refractivity contribution in [2.75, 3.05) is 6.61 Å². The van der Waals surface area contributed by atoms with E-state index < -0.39 is 17.3 Å². The van der Waals surface area contributed by atoms with Crippen molar-refractivity contribution < 1.29 is 18.3 Å². The standard InChI is InChI=1S/C10H8F3NO2/c11-10(12,13)8-5-7(3-1-2-4-15)6-14-9(8)16/h5-6,15H,2,4H2,(H,14,16). The Bertz CT molecular complexity index is 479. The summed E-state index contributed by atoms with van der Waals surface area (Å²) in [7, 11) is 0. The molecule has 0 atom stereocenters. The SMILES string of the molecule is O=c1[nH]cc(C#CCCO)cc1C(F)(F)F. The summed E-state index contributed by atoms with van der Waals surface area (Å²) >= 11 is 0. The Labute approximate surface area is 88.9 Å². The molecule has 3 nitrogen and oxygen atoms in total. The van der Waals surface area contributed by atoms with Crippen LogP contribution >= 0.6 is 0 Å². The molecule has 0 radical (unpaired) electrons.